The van der Waals surface area contributed by atoms with E-state index < -0.39 is 28.4 Å². The molecule has 4 nitrogen and oxygen atoms in total. The summed E-state index contributed by atoms with van der Waals surface area (Å²) in [6.07, 6.45) is -5.22. The Hall–Kier alpha value is -2.51. The van der Waals surface area contributed by atoms with Gasteiger partial charge in [-0.1, -0.05) is 41.9 Å². The largest absolute Gasteiger partial charge is 0.491 e. The highest BCUT2D eigenvalue weighted by Gasteiger charge is 2.32. The number of nitrogens with zero attached hydrogens (tertiary/aromatic N) is 1. The van der Waals surface area contributed by atoms with Crippen molar-refractivity contribution in [2.45, 2.75) is 18.8 Å². The quantitative estimate of drug-likeness (QED) is 0.704. The number of rotatable bonds is 5. The Bertz CT molecular complexity index is 1020. The first-order chi connectivity index (χ1) is 12.7. The molecule has 2 aromatic carbocycles. The number of aliphatic hydroxyl groups excluding tert-OH is 1. The second-order valence-corrected chi connectivity index (χ2v) is 6.41. The normalized spacial score (nSPS) is 12.9. The average Bonchev–Trinajstić information content (AvgIpc) is 2.62. The number of fused-ring (bicyclic) bond motifs is 1. The maximum absolute atomic E-state index is 12.9. The number of aromatic nitrogens is 1. The summed E-state index contributed by atoms with van der Waals surface area (Å²) in [7, 11) is 0. The summed E-state index contributed by atoms with van der Waals surface area (Å²) >= 11 is 5.59. The molecule has 1 N–H and O–H groups in total. The van der Waals surface area contributed by atoms with Crippen molar-refractivity contribution in [3.63, 3.8) is 0 Å². The number of alkyl halides is 3. The van der Waals surface area contributed by atoms with Crippen LogP contribution in [0.5, 0.6) is 5.75 Å². The fourth-order valence-electron chi connectivity index (χ4n) is 2.62. The zero-order valence-corrected chi connectivity index (χ0v) is 14.7. The van der Waals surface area contributed by atoms with E-state index in [4.69, 9.17) is 16.3 Å². The van der Waals surface area contributed by atoms with E-state index in [-0.39, 0.29) is 13.2 Å². The molecular weight excluding hydrogens is 383 g/mol. The van der Waals surface area contributed by atoms with E-state index in [0.717, 1.165) is 15.3 Å². The summed E-state index contributed by atoms with van der Waals surface area (Å²) in [6.45, 7) is -0.575. The Morgan fingerprint density at radius 3 is 2.52 bits per heavy atom. The molecule has 0 amide bonds. The second kappa shape index (κ2) is 7.62. The van der Waals surface area contributed by atoms with Gasteiger partial charge in [-0.05, 0) is 29.0 Å². The van der Waals surface area contributed by atoms with Crippen LogP contribution in [-0.2, 0) is 12.7 Å². The number of ether oxygens (including phenoxy) is 1. The summed E-state index contributed by atoms with van der Waals surface area (Å²) < 4.78 is 44.8. The van der Waals surface area contributed by atoms with Crippen LogP contribution in [0.4, 0.5) is 13.2 Å². The van der Waals surface area contributed by atoms with Crippen molar-refractivity contribution in [3.05, 3.63) is 75.7 Å². The molecule has 0 aliphatic heterocycles. The maximum atomic E-state index is 12.9. The zero-order chi connectivity index (χ0) is 19.6. The molecule has 0 radical (unpaired) electrons. The molecule has 0 bridgehead atoms. The van der Waals surface area contributed by atoms with Crippen LogP contribution < -0.4 is 10.3 Å². The number of hydrogen-bond donors (Lipinski definition) is 1. The summed E-state index contributed by atoms with van der Waals surface area (Å²) in [5.41, 5.74) is -1.87. The fourth-order valence-corrected chi connectivity index (χ4v) is 2.85. The lowest BCUT2D eigenvalue weighted by atomic mass is 10.1. The van der Waals surface area contributed by atoms with Gasteiger partial charge in [-0.25, -0.2) is 0 Å². The van der Waals surface area contributed by atoms with E-state index in [9.17, 15) is 23.1 Å². The first kappa shape index (κ1) is 19.3. The lowest BCUT2D eigenvalue weighted by Crippen LogP contribution is -2.31. The van der Waals surface area contributed by atoms with Gasteiger partial charge in [0.15, 0.2) is 0 Å². The topological polar surface area (TPSA) is 51.5 Å². The van der Waals surface area contributed by atoms with Crippen molar-refractivity contribution in [1.82, 2.24) is 4.57 Å². The predicted octanol–water partition coefficient (Wildman–Crippen LogP) is 4.11. The van der Waals surface area contributed by atoms with Crippen molar-refractivity contribution in [2.24, 2.45) is 0 Å². The van der Waals surface area contributed by atoms with Gasteiger partial charge < -0.3 is 14.4 Å². The van der Waals surface area contributed by atoms with Gasteiger partial charge in [-0.2, -0.15) is 13.2 Å². The first-order valence-corrected chi connectivity index (χ1v) is 8.38. The van der Waals surface area contributed by atoms with Crippen LogP contribution >= 0.6 is 11.6 Å². The molecule has 0 saturated heterocycles. The SMILES string of the molecule is O=c1c(Cl)cc(C(F)(F)F)cn1C[C@H](O)COc1ccc2ccccc2c1. The van der Waals surface area contributed by atoms with Crippen molar-refractivity contribution >= 4 is 22.4 Å². The minimum Gasteiger partial charge on any atom is -0.491 e. The van der Waals surface area contributed by atoms with E-state index in [2.05, 4.69) is 0 Å². The first-order valence-electron chi connectivity index (χ1n) is 8.01. The molecule has 0 fully saturated rings. The number of halogens is 4. The molecule has 1 heterocycles. The molecule has 27 heavy (non-hydrogen) atoms. The Labute approximate surface area is 157 Å². The van der Waals surface area contributed by atoms with Gasteiger partial charge in [0.1, 0.15) is 23.5 Å². The molecule has 8 heteroatoms. The van der Waals surface area contributed by atoms with Gasteiger partial charge in [-0.3, -0.25) is 4.79 Å². The number of aliphatic hydroxyl groups is 1. The number of pyridine rings is 1. The molecule has 1 aromatic heterocycles. The highest BCUT2D eigenvalue weighted by atomic mass is 35.5. The van der Waals surface area contributed by atoms with Crippen molar-refractivity contribution in [3.8, 4) is 5.75 Å². The molecule has 0 aliphatic carbocycles. The third-order valence-electron chi connectivity index (χ3n) is 3.94. The minimum atomic E-state index is -4.65. The smallest absolute Gasteiger partial charge is 0.417 e. The molecular formula is C19H15ClF3NO3. The minimum absolute atomic E-state index is 0.196. The second-order valence-electron chi connectivity index (χ2n) is 6.01. The molecule has 1 atom stereocenters. The Kier molecular flexibility index (Phi) is 5.43. The Balaban J connectivity index is 1.71. The van der Waals surface area contributed by atoms with Gasteiger partial charge in [0.2, 0.25) is 0 Å². The summed E-state index contributed by atoms with van der Waals surface area (Å²) in [5, 5.41) is 11.5. The van der Waals surface area contributed by atoms with Crippen molar-refractivity contribution in [2.75, 3.05) is 6.61 Å². The van der Waals surface area contributed by atoms with Crippen LogP contribution in [0.3, 0.4) is 0 Å². The van der Waals surface area contributed by atoms with Crippen LogP contribution in [-0.4, -0.2) is 22.4 Å². The molecule has 3 aromatic rings. The van der Waals surface area contributed by atoms with Gasteiger partial charge >= 0.3 is 6.18 Å². The molecule has 0 aliphatic rings. The average molecular weight is 398 g/mol. The van der Waals surface area contributed by atoms with E-state index >= 15 is 0 Å². The third kappa shape index (κ3) is 4.61. The van der Waals surface area contributed by atoms with Crippen LogP contribution in [0.25, 0.3) is 10.8 Å². The lowest BCUT2D eigenvalue weighted by molar-refractivity contribution is -0.138. The third-order valence-corrected chi connectivity index (χ3v) is 4.21. The van der Waals surface area contributed by atoms with Gasteiger partial charge in [0.05, 0.1) is 12.1 Å². The highest BCUT2D eigenvalue weighted by Crippen LogP contribution is 2.29. The van der Waals surface area contributed by atoms with Crippen LogP contribution in [0.15, 0.2) is 59.5 Å². The van der Waals surface area contributed by atoms with Crippen molar-refractivity contribution < 1.29 is 23.0 Å². The number of benzene rings is 2. The molecule has 0 unspecified atom stereocenters. The van der Waals surface area contributed by atoms with Crippen LogP contribution in [0.1, 0.15) is 5.56 Å². The lowest BCUT2D eigenvalue weighted by Gasteiger charge is -2.16. The van der Waals surface area contributed by atoms with E-state index in [1.807, 2.05) is 30.3 Å². The van der Waals surface area contributed by atoms with Crippen molar-refractivity contribution in [1.29, 1.82) is 0 Å². The summed E-state index contributed by atoms with van der Waals surface area (Å²) in [4.78, 5) is 11.9. The predicted molar refractivity (Wildman–Crippen MR) is 96.2 cm³/mol. The zero-order valence-electron chi connectivity index (χ0n) is 13.9. The molecule has 142 valence electrons. The molecule has 0 saturated carbocycles. The van der Waals surface area contributed by atoms with Crippen LogP contribution in [0.2, 0.25) is 5.02 Å². The fraction of sp³-hybridized carbons (Fsp3) is 0.211. The summed E-state index contributed by atoms with van der Waals surface area (Å²) in [5.74, 6) is 0.502. The van der Waals surface area contributed by atoms with E-state index in [1.54, 1.807) is 12.1 Å². The standard InChI is InChI=1S/C19H15ClF3NO3/c20-17-8-14(19(21,22)23)9-24(18(17)26)10-15(25)11-27-16-6-5-12-3-1-2-4-13(12)7-16/h1-9,15,25H,10-11H2/t15-/m0/s1. The van der Waals surface area contributed by atoms with Gasteiger partial charge in [-0.15, -0.1) is 0 Å². The summed E-state index contributed by atoms with van der Waals surface area (Å²) in [6, 6.07) is 13.6. The van der Waals surface area contributed by atoms with Crippen LogP contribution in [0, 0.1) is 0 Å². The van der Waals surface area contributed by atoms with E-state index in [0.29, 0.717) is 18.0 Å². The Morgan fingerprint density at radius 1 is 1.11 bits per heavy atom. The molecule has 0 spiro atoms. The Morgan fingerprint density at radius 2 is 1.81 bits per heavy atom. The monoisotopic (exact) mass is 397 g/mol. The number of hydrogen-bond acceptors (Lipinski definition) is 3. The molecule has 3 rings (SSSR count). The highest BCUT2D eigenvalue weighted by molar-refractivity contribution is 6.30. The van der Waals surface area contributed by atoms with Gasteiger partial charge in [0, 0.05) is 6.20 Å². The van der Waals surface area contributed by atoms with E-state index in [1.165, 1.54) is 0 Å². The maximum Gasteiger partial charge on any atom is 0.417 e. The van der Waals surface area contributed by atoms with Gasteiger partial charge in [0.25, 0.3) is 5.56 Å².